The van der Waals surface area contributed by atoms with Gasteiger partial charge in [0.1, 0.15) is 0 Å². The fourth-order valence-corrected chi connectivity index (χ4v) is 4.24. The van der Waals surface area contributed by atoms with E-state index in [1.165, 1.54) is 35.4 Å². The molecule has 26 heavy (non-hydrogen) atoms. The Morgan fingerprint density at radius 3 is 2.65 bits per heavy atom. The van der Waals surface area contributed by atoms with Crippen molar-refractivity contribution in [2.45, 2.75) is 37.8 Å². The van der Waals surface area contributed by atoms with Gasteiger partial charge in [0.05, 0.1) is 17.4 Å². The van der Waals surface area contributed by atoms with Crippen molar-refractivity contribution in [2.24, 2.45) is 0 Å². The lowest BCUT2D eigenvalue weighted by Gasteiger charge is -2.21. The minimum absolute atomic E-state index is 0.206. The summed E-state index contributed by atoms with van der Waals surface area (Å²) < 4.78 is 3.18. The van der Waals surface area contributed by atoms with Crippen LogP contribution in [-0.2, 0) is 6.54 Å². The maximum absolute atomic E-state index is 6.03. The fraction of sp³-hybridized carbons (Fsp3) is 0.300. The summed E-state index contributed by atoms with van der Waals surface area (Å²) >= 11 is 9.67. The maximum atomic E-state index is 6.03. The number of aryl methyl sites for hydroxylation is 1. The highest BCUT2D eigenvalue weighted by molar-refractivity contribution is 9.10. The van der Waals surface area contributed by atoms with Gasteiger partial charge in [0.25, 0.3) is 0 Å². The lowest BCUT2D eigenvalue weighted by atomic mass is 9.96. The molecule has 1 unspecified atom stereocenters. The molecular formula is C20H18BrClN4. The smallest absolute Gasteiger partial charge is 0.0937 e. The van der Waals surface area contributed by atoms with Crippen molar-refractivity contribution in [3.05, 3.63) is 63.2 Å². The van der Waals surface area contributed by atoms with Crippen LogP contribution < -0.4 is 5.32 Å². The molecule has 1 saturated carbocycles. The first-order chi connectivity index (χ1) is 12.7. The van der Waals surface area contributed by atoms with Crippen molar-refractivity contribution in [1.29, 1.82) is 0 Å². The van der Waals surface area contributed by atoms with E-state index in [9.17, 15) is 0 Å². The molecular weight excluding hydrogens is 412 g/mol. The highest BCUT2D eigenvalue weighted by atomic mass is 79.9. The molecule has 0 saturated heterocycles. The molecule has 1 atom stereocenters. The summed E-state index contributed by atoms with van der Waals surface area (Å²) in [4.78, 5) is 0. The summed E-state index contributed by atoms with van der Waals surface area (Å²) in [6.07, 6.45) is 3.40. The van der Waals surface area contributed by atoms with E-state index in [0.29, 0.717) is 5.92 Å². The highest BCUT2D eigenvalue weighted by Crippen LogP contribution is 2.46. The topological polar surface area (TPSA) is 42.7 Å². The van der Waals surface area contributed by atoms with E-state index in [1.54, 1.807) is 0 Å². The number of aromatic nitrogens is 3. The van der Waals surface area contributed by atoms with E-state index in [0.717, 1.165) is 28.1 Å². The number of anilines is 1. The molecule has 132 valence electrons. The minimum Gasteiger partial charge on any atom is -0.378 e. The number of hydrogen-bond acceptors (Lipinski definition) is 3. The summed E-state index contributed by atoms with van der Waals surface area (Å²) in [5.74, 6) is 0.580. The Bertz CT molecular complexity index is 962. The van der Waals surface area contributed by atoms with E-state index in [1.807, 2.05) is 24.3 Å². The quantitative estimate of drug-likeness (QED) is 0.572. The van der Waals surface area contributed by atoms with Gasteiger partial charge in [-0.2, -0.15) is 0 Å². The Hall–Kier alpha value is -1.85. The monoisotopic (exact) mass is 428 g/mol. The van der Waals surface area contributed by atoms with Gasteiger partial charge in [-0.05, 0) is 61.2 Å². The van der Waals surface area contributed by atoms with Crippen LogP contribution in [0, 0.1) is 0 Å². The zero-order valence-electron chi connectivity index (χ0n) is 14.1. The van der Waals surface area contributed by atoms with Crippen molar-refractivity contribution in [2.75, 3.05) is 5.32 Å². The molecule has 2 aromatic carbocycles. The molecule has 2 aliphatic rings. The van der Waals surface area contributed by atoms with Crippen LogP contribution in [0.3, 0.4) is 0 Å². The highest BCUT2D eigenvalue weighted by Gasteiger charge is 2.34. The van der Waals surface area contributed by atoms with Crippen LogP contribution >= 0.6 is 27.5 Å². The Morgan fingerprint density at radius 1 is 1.08 bits per heavy atom. The summed E-state index contributed by atoms with van der Waals surface area (Å²) in [5.41, 5.74) is 5.97. The number of nitrogens with zero attached hydrogens (tertiary/aromatic N) is 3. The lowest BCUT2D eigenvalue weighted by Crippen LogP contribution is -2.12. The van der Waals surface area contributed by atoms with Gasteiger partial charge in [0, 0.05) is 33.2 Å². The predicted octanol–water partition coefficient (Wildman–Crippen LogP) is 5.80. The molecule has 1 aliphatic heterocycles. The molecule has 0 amide bonds. The first-order valence-corrected chi connectivity index (χ1v) is 10.1. The van der Waals surface area contributed by atoms with E-state index in [2.05, 4.69) is 54.4 Å². The number of hydrogen-bond donors (Lipinski definition) is 1. The van der Waals surface area contributed by atoms with Crippen molar-refractivity contribution < 1.29 is 0 Å². The average molecular weight is 430 g/mol. The SMILES string of the molecule is Clc1ccc(NC2CCn3nnc(C4CC4)c3-c3ccc(Br)cc32)cc1. The largest absolute Gasteiger partial charge is 0.378 e. The van der Waals surface area contributed by atoms with Crippen LogP contribution in [0.1, 0.15) is 42.5 Å². The summed E-state index contributed by atoms with van der Waals surface area (Å²) in [6.45, 7) is 0.854. The second kappa shape index (κ2) is 6.39. The van der Waals surface area contributed by atoms with Crippen molar-refractivity contribution in [1.82, 2.24) is 15.0 Å². The average Bonchev–Trinajstić information content (AvgIpc) is 3.42. The molecule has 1 aromatic heterocycles. The predicted molar refractivity (Wildman–Crippen MR) is 108 cm³/mol. The number of rotatable bonds is 3. The second-order valence-electron chi connectivity index (χ2n) is 7.04. The third-order valence-electron chi connectivity index (χ3n) is 5.18. The molecule has 4 nitrogen and oxygen atoms in total. The van der Waals surface area contributed by atoms with Crippen LogP contribution in [0.2, 0.25) is 5.02 Å². The van der Waals surface area contributed by atoms with Gasteiger partial charge in [0.15, 0.2) is 0 Å². The number of fused-ring (bicyclic) bond motifs is 3. The fourth-order valence-electron chi connectivity index (χ4n) is 3.73. The van der Waals surface area contributed by atoms with Crippen LogP contribution in [0.25, 0.3) is 11.3 Å². The molecule has 1 N–H and O–H groups in total. The normalized spacial score (nSPS) is 18.8. The Kier molecular flexibility index (Phi) is 4.02. The van der Waals surface area contributed by atoms with Crippen LogP contribution in [0.4, 0.5) is 5.69 Å². The number of halogens is 2. The standard InChI is InChI=1S/C20H18BrClN4/c21-13-3-8-16-17(11-13)18(23-15-6-4-14(22)5-7-15)9-10-26-20(16)19(24-25-26)12-1-2-12/h3-8,11-12,18,23H,1-2,9-10H2. The Balaban J connectivity index is 1.59. The van der Waals surface area contributed by atoms with E-state index in [4.69, 9.17) is 11.6 Å². The first kappa shape index (κ1) is 16.3. The van der Waals surface area contributed by atoms with Gasteiger partial charge in [0.2, 0.25) is 0 Å². The molecule has 3 aromatic rings. The van der Waals surface area contributed by atoms with Crippen molar-refractivity contribution in [3.63, 3.8) is 0 Å². The van der Waals surface area contributed by atoms with Crippen LogP contribution in [-0.4, -0.2) is 15.0 Å². The van der Waals surface area contributed by atoms with Crippen molar-refractivity contribution in [3.8, 4) is 11.3 Å². The van der Waals surface area contributed by atoms with Gasteiger partial charge in [-0.3, -0.25) is 0 Å². The summed E-state index contributed by atoms with van der Waals surface area (Å²) in [5, 5.41) is 13.4. The Morgan fingerprint density at radius 2 is 1.88 bits per heavy atom. The van der Waals surface area contributed by atoms with E-state index in [-0.39, 0.29) is 6.04 Å². The molecule has 0 spiro atoms. The third kappa shape index (κ3) is 2.93. The molecule has 2 heterocycles. The zero-order chi connectivity index (χ0) is 17.7. The molecule has 0 bridgehead atoms. The van der Waals surface area contributed by atoms with Gasteiger partial charge in [-0.25, -0.2) is 4.68 Å². The van der Waals surface area contributed by atoms with Gasteiger partial charge >= 0.3 is 0 Å². The molecule has 0 radical (unpaired) electrons. The van der Waals surface area contributed by atoms with Crippen LogP contribution in [0.15, 0.2) is 46.9 Å². The van der Waals surface area contributed by atoms with Crippen LogP contribution in [0.5, 0.6) is 0 Å². The minimum atomic E-state index is 0.206. The molecule has 1 fully saturated rings. The third-order valence-corrected chi connectivity index (χ3v) is 5.93. The zero-order valence-corrected chi connectivity index (χ0v) is 16.5. The summed E-state index contributed by atoms with van der Waals surface area (Å²) in [7, 11) is 0. The Labute approximate surface area is 165 Å². The van der Waals surface area contributed by atoms with Gasteiger partial charge in [-0.15, -0.1) is 5.10 Å². The summed E-state index contributed by atoms with van der Waals surface area (Å²) in [6, 6.07) is 14.6. The number of benzene rings is 2. The molecule has 5 rings (SSSR count). The molecule has 1 aliphatic carbocycles. The number of nitrogens with one attached hydrogen (secondary N) is 1. The van der Waals surface area contributed by atoms with E-state index < -0.39 is 0 Å². The second-order valence-corrected chi connectivity index (χ2v) is 8.40. The van der Waals surface area contributed by atoms with Gasteiger partial charge < -0.3 is 5.32 Å². The molecule has 6 heteroatoms. The maximum Gasteiger partial charge on any atom is 0.0937 e. The van der Waals surface area contributed by atoms with E-state index >= 15 is 0 Å². The lowest BCUT2D eigenvalue weighted by molar-refractivity contribution is 0.539. The van der Waals surface area contributed by atoms with Gasteiger partial charge in [-0.1, -0.05) is 38.8 Å². The first-order valence-electron chi connectivity index (χ1n) is 8.94. The van der Waals surface area contributed by atoms with Crippen molar-refractivity contribution >= 4 is 33.2 Å².